The number of nitrogens with one attached hydrogen (secondary N) is 2. The monoisotopic (exact) mass is 469 g/mol. The highest BCUT2D eigenvalue weighted by molar-refractivity contribution is 6.03. The van der Waals surface area contributed by atoms with E-state index in [1.54, 1.807) is 42.5 Å². The zero-order valence-corrected chi connectivity index (χ0v) is 18.4. The summed E-state index contributed by atoms with van der Waals surface area (Å²) >= 11 is 0. The topological polar surface area (TPSA) is 132 Å². The minimum atomic E-state index is -0.811. The van der Waals surface area contributed by atoms with Crippen LogP contribution in [0.3, 0.4) is 0 Å². The molecular formula is C23H23N3O8. The predicted octanol–water partition coefficient (Wildman–Crippen LogP) is 1.71. The largest absolute Gasteiger partial charge is 0.495 e. The number of nitrogens with zero attached hydrogens (tertiary/aromatic N) is 1. The lowest BCUT2D eigenvalue weighted by Gasteiger charge is -2.19. The normalized spacial score (nSPS) is 16.6. The number of hydrogen-bond acceptors (Lipinski definition) is 8. The fraction of sp³-hybridized carbons (Fsp3) is 0.304. The summed E-state index contributed by atoms with van der Waals surface area (Å²) in [5.74, 6) is -0.949. The molecule has 2 heterocycles. The number of rotatable bonds is 6. The molecule has 4 amide bonds. The highest BCUT2D eigenvalue weighted by Gasteiger charge is 2.37. The molecule has 2 aromatic rings. The molecule has 0 aromatic heterocycles. The molecule has 2 N–H and O–H groups in total. The quantitative estimate of drug-likeness (QED) is 0.611. The Hall–Kier alpha value is -4.28. The molecule has 2 aromatic carbocycles. The van der Waals surface area contributed by atoms with Crippen molar-refractivity contribution >= 4 is 35.2 Å². The van der Waals surface area contributed by atoms with Gasteiger partial charge in [0.15, 0.2) is 18.1 Å². The Kier molecular flexibility index (Phi) is 6.81. The van der Waals surface area contributed by atoms with Crippen LogP contribution in [0.1, 0.15) is 6.42 Å². The van der Waals surface area contributed by atoms with Crippen LogP contribution in [0.5, 0.6) is 17.2 Å². The van der Waals surface area contributed by atoms with Crippen molar-refractivity contribution in [3.8, 4) is 17.2 Å². The van der Waals surface area contributed by atoms with E-state index in [1.807, 2.05) is 0 Å². The minimum absolute atomic E-state index is 0.0525. The first-order chi connectivity index (χ1) is 16.4. The molecule has 2 aliphatic heterocycles. The second-order valence-corrected chi connectivity index (χ2v) is 7.55. The van der Waals surface area contributed by atoms with Crippen LogP contribution in [0.4, 0.5) is 16.2 Å². The number of esters is 1. The average Bonchev–Trinajstić information content (AvgIpc) is 3.23. The van der Waals surface area contributed by atoms with Crippen LogP contribution in [0, 0.1) is 5.92 Å². The van der Waals surface area contributed by atoms with Crippen molar-refractivity contribution < 1.29 is 38.1 Å². The SMILES string of the molecule is COc1ccccc1N1C[C@H](C(=O)OCC(=O)NC(=O)Nc2ccc3c(c2)OCCO3)CC1=O. The zero-order valence-electron chi connectivity index (χ0n) is 18.4. The van der Waals surface area contributed by atoms with Crippen molar-refractivity contribution in [1.82, 2.24) is 5.32 Å². The maximum atomic E-state index is 12.4. The standard InChI is InChI=1S/C23H23N3O8/c1-31-17-5-3-2-4-16(17)26-12-14(10-21(26)28)22(29)34-13-20(27)25-23(30)24-15-6-7-18-19(11-15)33-9-8-32-18/h2-7,11,14H,8-10,12-13H2,1H3,(H2,24,25,27,30)/t14-/m1/s1. The first kappa shape index (κ1) is 22.9. The van der Waals surface area contributed by atoms with Gasteiger partial charge in [-0.15, -0.1) is 0 Å². The number of methoxy groups -OCH3 is 1. The van der Waals surface area contributed by atoms with Gasteiger partial charge in [0.1, 0.15) is 19.0 Å². The van der Waals surface area contributed by atoms with E-state index in [0.717, 1.165) is 0 Å². The third kappa shape index (κ3) is 5.20. The Morgan fingerprint density at radius 1 is 1.09 bits per heavy atom. The molecule has 11 heteroatoms. The van der Waals surface area contributed by atoms with Crippen molar-refractivity contribution in [3.05, 3.63) is 42.5 Å². The molecule has 34 heavy (non-hydrogen) atoms. The fourth-order valence-corrected chi connectivity index (χ4v) is 3.65. The van der Waals surface area contributed by atoms with Crippen molar-refractivity contribution in [2.75, 3.05) is 43.7 Å². The van der Waals surface area contributed by atoms with Gasteiger partial charge in [-0.2, -0.15) is 0 Å². The second-order valence-electron chi connectivity index (χ2n) is 7.55. The molecule has 0 radical (unpaired) electrons. The molecule has 2 aliphatic rings. The molecule has 0 spiro atoms. The summed E-state index contributed by atoms with van der Waals surface area (Å²) in [4.78, 5) is 50.4. The number of ether oxygens (including phenoxy) is 4. The van der Waals surface area contributed by atoms with Crippen LogP contribution in [-0.2, 0) is 19.1 Å². The van der Waals surface area contributed by atoms with Gasteiger partial charge in [0.25, 0.3) is 5.91 Å². The van der Waals surface area contributed by atoms with Gasteiger partial charge in [0.2, 0.25) is 5.91 Å². The predicted molar refractivity (Wildman–Crippen MR) is 119 cm³/mol. The van der Waals surface area contributed by atoms with E-state index in [9.17, 15) is 19.2 Å². The van der Waals surface area contributed by atoms with Crippen LogP contribution in [-0.4, -0.2) is 57.3 Å². The number of anilines is 2. The van der Waals surface area contributed by atoms with Gasteiger partial charge in [-0.3, -0.25) is 19.7 Å². The highest BCUT2D eigenvalue weighted by Crippen LogP contribution is 2.33. The van der Waals surface area contributed by atoms with Gasteiger partial charge in [-0.1, -0.05) is 12.1 Å². The molecule has 1 fully saturated rings. The Morgan fingerprint density at radius 2 is 1.85 bits per heavy atom. The smallest absolute Gasteiger partial charge is 0.325 e. The van der Waals surface area contributed by atoms with Crippen LogP contribution < -0.4 is 29.7 Å². The lowest BCUT2D eigenvalue weighted by atomic mass is 10.1. The maximum absolute atomic E-state index is 12.4. The summed E-state index contributed by atoms with van der Waals surface area (Å²) in [6.07, 6.45) is -0.0525. The molecule has 0 bridgehead atoms. The summed E-state index contributed by atoms with van der Waals surface area (Å²) in [5.41, 5.74) is 0.950. The summed E-state index contributed by atoms with van der Waals surface area (Å²) in [6, 6.07) is 11.0. The van der Waals surface area contributed by atoms with Crippen molar-refractivity contribution in [2.24, 2.45) is 5.92 Å². The van der Waals surface area contributed by atoms with Crippen molar-refractivity contribution in [1.29, 1.82) is 0 Å². The number of hydrogen-bond donors (Lipinski definition) is 2. The molecule has 0 aliphatic carbocycles. The number of benzene rings is 2. The number of carbonyl (C=O) groups is 4. The van der Waals surface area contributed by atoms with Crippen molar-refractivity contribution in [3.63, 3.8) is 0 Å². The van der Waals surface area contributed by atoms with E-state index in [4.69, 9.17) is 18.9 Å². The van der Waals surface area contributed by atoms with E-state index in [-0.39, 0.29) is 18.9 Å². The number of urea groups is 1. The van der Waals surface area contributed by atoms with Crippen LogP contribution in [0.2, 0.25) is 0 Å². The van der Waals surface area contributed by atoms with Crippen LogP contribution >= 0.6 is 0 Å². The van der Waals surface area contributed by atoms with E-state index in [1.165, 1.54) is 12.0 Å². The van der Waals surface area contributed by atoms with E-state index >= 15 is 0 Å². The third-order valence-corrected chi connectivity index (χ3v) is 5.23. The molecule has 178 valence electrons. The van der Waals surface area contributed by atoms with E-state index < -0.39 is 30.4 Å². The highest BCUT2D eigenvalue weighted by atomic mass is 16.6. The Bertz CT molecular complexity index is 1120. The van der Waals surface area contributed by atoms with Gasteiger partial charge in [-0.25, -0.2) is 4.79 Å². The van der Waals surface area contributed by atoms with Gasteiger partial charge in [0, 0.05) is 24.7 Å². The Balaban J connectivity index is 1.25. The van der Waals surface area contributed by atoms with Crippen LogP contribution in [0.15, 0.2) is 42.5 Å². The molecule has 1 saturated heterocycles. The molecular weight excluding hydrogens is 446 g/mol. The summed E-state index contributed by atoms with van der Waals surface area (Å²) in [7, 11) is 1.49. The van der Waals surface area contributed by atoms with Gasteiger partial charge in [0.05, 0.1) is 18.7 Å². The Morgan fingerprint density at radius 3 is 2.65 bits per heavy atom. The van der Waals surface area contributed by atoms with Crippen LogP contribution in [0.25, 0.3) is 0 Å². The fourth-order valence-electron chi connectivity index (χ4n) is 3.65. The maximum Gasteiger partial charge on any atom is 0.325 e. The molecule has 0 unspecified atom stereocenters. The minimum Gasteiger partial charge on any atom is -0.495 e. The molecule has 0 saturated carbocycles. The van der Waals surface area contributed by atoms with Gasteiger partial charge in [-0.05, 0) is 24.3 Å². The summed E-state index contributed by atoms with van der Waals surface area (Å²) in [6.45, 7) is 0.285. The Labute approximate surface area is 194 Å². The van der Waals surface area contributed by atoms with E-state index in [2.05, 4.69) is 10.6 Å². The second kappa shape index (κ2) is 10.1. The lowest BCUT2D eigenvalue weighted by molar-refractivity contribution is -0.152. The first-order valence-corrected chi connectivity index (χ1v) is 10.5. The zero-order chi connectivity index (χ0) is 24.1. The number of para-hydroxylation sites is 2. The van der Waals surface area contributed by atoms with E-state index in [0.29, 0.717) is 41.8 Å². The lowest BCUT2D eigenvalue weighted by Crippen LogP contribution is -2.38. The third-order valence-electron chi connectivity index (χ3n) is 5.23. The molecule has 1 atom stereocenters. The van der Waals surface area contributed by atoms with Crippen molar-refractivity contribution in [2.45, 2.75) is 6.42 Å². The molecule has 4 rings (SSSR count). The average molecular weight is 469 g/mol. The summed E-state index contributed by atoms with van der Waals surface area (Å²) < 4.78 is 21.1. The van der Waals surface area contributed by atoms with Gasteiger partial charge >= 0.3 is 12.0 Å². The summed E-state index contributed by atoms with van der Waals surface area (Å²) in [5, 5.41) is 4.58. The van der Waals surface area contributed by atoms with Gasteiger partial charge < -0.3 is 29.2 Å². The number of carbonyl (C=O) groups excluding carboxylic acids is 4. The number of amides is 4. The number of fused-ring (bicyclic) bond motifs is 1. The number of imide groups is 1. The molecule has 11 nitrogen and oxygen atoms in total. The first-order valence-electron chi connectivity index (χ1n) is 10.5.